The van der Waals surface area contributed by atoms with Crippen LogP contribution in [0.1, 0.15) is 50.3 Å². The van der Waals surface area contributed by atoms with Gasteiger partial charge in [-0.3, -0.25) is 4.90 Å². The number of benzene rings is 1. The van der Waals surface area contributed by atoms with Gasteiger partial charge in [0.1, 0.15) is 0 Å². The Morgan fingerprint density at radius 3 is 2.63 bits per heavy atom. The van der Waals surface area contributed by atoms with Crippen LogP contribution in [0.4, 0.5) is 0 Å². The molecule has 1 aromatic carbocycles. The molecule has 0 saturated heterocycles. The molecule has 1 saturated carbocycles. The van der Waals surface area contributed by atoms with Crippen molar-refractivity contribution in [3.8, 4) is 0 Å². The second-order valence-corrected chi connectivity index (χ2v) is 6.34. The third kappa shape index (κ3) is 4.63. The number of aliphatic hydroxyl groups excluding tert-OH is 1. The molecule has 106 valence electrons. The maximum atomic E-state index is 10.4. The average molecular weight is 261 g/mol. The molecule has 0 bridgehead atoms. The SMILES string of the molecule is Cc1cccc(C(O)CN(CCC(C)C)C2CC2)c1. The zero-order valence-electron chi connectivity index (χ0n) is 12.5. The zero-order chi connectivity index (χ0) is 13.8. The number of hydrogen-bond acceptors (Lipinski definition) is 2. The highest BCUT2D eigenvalue weighted by Crippen LogP contribution is 2.29. The van der Waals surface area contributed by atoms with Crippen LogP contribution < -0.4 is 0 Å². The first-order valence-corrected chi connectivity index (χ1v) is 7.55. The molecular formula is C17H27NO. The molecule has 1 N–H and O–H groups in total. The summed E-state index contributed by atoms with van der Waals surface area (Å²) in [4.78, 5) is 2.48. The summed E-state index contributed by atoms with van der Waals surface area (Å²) >= 11 is 0. The van der Waals surface area contributed by atoms with Gasteiger partial charge in [-0.05, 0) is 44.2 Å². The summed E-state index contributed by atoms with van der Waals surface area (Å²) in [7, 11) is 0. The van der Waals surface area contributed by atoms with E-state index >= 15 is 0 Å². The lowest BCUT2D eigenvalue weighted by atomic mass is 10.1. The molecule has 2 rings (SSSR count). The average Bonchev–Trinajstić information content (AvgIpc) is 3.18. The smallest absolute Gasteiger partial charge is 0.0917 e. The molecule has 1 aliphatic carbocycles. The van der Waals surface area contributed by atoms with E-state index in [2.05, 4.69) is 37.8 Å². The molecule has 0 spiro atoms. The highest BCUT2D eigenvalue weighted by Gasteiger charge is 2.30. The molecule has 1 aromatic rings. The minimum atomic E-state index is -0.354. The third-order valence-corrected chi connectivity index (χ3v) is 3.89. The Balaban J connectivity index is 1.92. The first-order chi connectivity index (χ1) is 9.06. The second kappa shape index (κ2) is 6.53. The lowest BCUT2D eigenvalue weighted by molar-refractivity contribution is 0.105. The number of aryl methyl sites for hydroxylation is 1. The molecule has 19 heavy (non-hydrogen) atoms. The number of nitrogens with zero attached hydrogens (tertiary/aromatic N) is 1. The maximum absolute atomic E-state index is 10.4. The Morgan fingerprint density at radius 1 is 1.32 bits per heavy atom. The number of rotatable bonds is 7. The van der Waals surface area contributed by atoms with Crippen molar-refractivity contribution in [1.29, 1.82) is 0 Å². The summed E-state index contributed by atoms with van der Waals surface area (Å²) in [6, 6.07) is 8.96. The molecule has 2 nitrogen and oxygen atoms in total. The van der Waals surface area contributed by atoms with E-state index in [1.807, 2.05) is 12.1 Å². The Hall–Kier alpha value is -0.860. The molecule has 1 atom stereocenters. The molecule has 0 aliphatic heterocycles. The van der Waals surface area contributed by atoms with Gasteiger partial charge in [0.2, 0.25) is 0 Å². The topological polar surface area (TPSA) is 23.5 Å². The zero-order valence-corrected chi connectivity index (χ0v) is 12.5. The van der Waals surface area contributed by atoms with Gasteiger partial charge in [0.05, 0.1) is 6.10 Å². The van der Waals surface area contributed by atoms with Crippen molar-refractivity contribution in [1.82, 2.24) is 4.90 Å². The third-order valence-electron chi connectivity index (χ3n) is 3.89. The van der Waals surface area contributed by atoms with Gasteiger partial charge < -0.3 is 5.11 Å². The maximum Gasteiger partial charge on any atom is 0.0917 e. The van der Waals surface area contributed by atoms with Crippen LogP contribution in [0.15, 0.2) is 24.3 Å². The minimum Gasteiger partial charge on any atom is -0.387 e. The van der Waals surface area contributed by atoms with Crippen molar-refractivity contribution in [2.24, 2.45) is 5.92 Å². The van der Waals surface area contributed by atoms with Crippen LogP contribution in [0.5, 0.6) is 0 Å². The molecular weight excluding hydrogens is 234 g/mol. The van der Waals surface area contributed by atoms with Gasteiger partial charge in [0.15, 0.2) is 0 Å². The van der Waals surface area contributed by atoms with Crippen molar-refractivity contribution in [3.63, 3.8) is 0 Å². The predicted molar refractivity (Wildman–Crippen MR) is 80.2 cm³/mol. The lowest BCUT2D eigenvalue weighted by Crippen LogP contribution is -2.32. The van der Waals surface area contributed by atoms with Crippen LogP contribution in [-0.2, 0) is 0 Å². The van der Waals surface area contributed by atoms with Gasteiger partial charge in [-0.1, -0.05) is 43.7 Å². The molecule has 1 fully saturated rings. The normalized spacial score (nSPS) is 17.2. The van der Waals surface area contributed by atoms with Crippen LogP contribution in [-0.4, -0.2) is 29.1 Å². The van der Waals surface area contributed by atoms with Crippen molar-refractivity contribution >= 4 is 0 Å². The van der Waals surface area contributed by atoms with Gasteiger partial charge in [-0.2, -0.15) is 0 Å². The summed E-state index contributed by atoms with van der Waals surface area (Å²) in [6.45, 7) is 8.50. The monoisotopic (exact) mass is 261 g/mol. The van der Waals surface area contributed by atoms with E-state index in [1.54, 1.807) is 0 Å². The summed E-state index contributed by atoms with van der Waals surface area (Å²) in [5, 5.41) is 10.4. The molecule has 0 aromatic heterocycles. The van der Waals surface area contributed by atoms with Crippen LogP contribution in [0.25, 0.3) is 0 Å². The first kappa shape index (κ1) is 14.5. The van der Waals surface area contributed by atoms with Crippen LogP contribution in [0.3, 0.4) is 0 Å². The summed E-state index contributed by atoms with van der Waals surface area (Å²) in [5.41, 5.74) is 2.27. The highest BCUT2D eigenvalue weighted by atomic mass is 16.3. The minimum absolute atomic E-state index is 0.354. The Labute approximate surface area is 117 Å². The van der Waals surface area contributed by atoms with Gasteiger partial charge in [0, 0.05) is 12.6 Å². The summed E-state index contributed by atoms with van der Waals surface area (Å²) in [6.07, 6.45) is 3.47. The fraction of sp³-hybridized carbons (Fsp3) is 0.647. The van der Waals surface area contributed by atoms with E-state index in [0.717, 1.165) is 30.6 Å². The van der Waals surface area contributed by atoms with Gasteiger partial charge >= 0.3 is 0 Å². The molecule has 0 radical (unpaired) electrons. The Bertz CT molecular complexity index is 398. The Kier molecular flexibility index (Phi) is 5.00. The van der Waals surface area contributed by atoms with Crippen molar-refractivity contribution in [3.05, 3.63) is 35.4 Å². The largest absolute Gasteiger partial charge is 0.387 e. The van der Waals surface area contributed by atoms with E-state index < -0.39 is 0 Å². The molecule has 0 heterocycles. The Morgan fingerprint density at radius 2 is 2.05 bits per heavy atom. The summed E-state index contributed by atoms with van der Waals surface area (Å²) in [5.74, 6) is 0.734. The molecule has 0 amide bonds. The van der Waals surface area contributed by atoms with Gasteiger partial charge in [0.25, 0.3) is 0 Å². The predicted octanol–water partition coefficient (Wildman–Crippen LogP) is 3.54. The van der Waals surface area contributed by atoms with Gasteiger partial charge in [-0.15, -0.1) is 0 Å². The van der Waals surface area contributed by atoms with E-state index in [4.69, 9.17) is 0 Å². The standard InChI is InChI=1S/C17H27NO/c1-13(2)9-10-18(16-7-8-16)12-17(19)15-6-4-5-14(3)11-15/h4-6,11,13,16-17,19H,7-10,12H2,1-3H3. The quantitative estimate of drug-likeness (QED) is 0.811. The van der Waals surface area contributed by atoms with E-state index in [0.29, 0.717) is 0 Å². The molecule has 1 unspecified atom stereocenters. The fourth-order valence-electron chi connectivity index (χ4n) is 2.49. The number of aliphatic hydroxyl groups is 1. The molecule has 2 heteroatoms. The van der Waals surface area contributed by atoms with E-state index in [1.165, 1.54) is 24.8 Å². The van der Waals surface area contributed by atoms with Crippen molar-refractivity contribution in [2.45, 2.75) is 52.2 Å². The van der Waals surface area contributed by atoms with E-state index in [9.17, 15) is 5.11 Å². The van der Waals surface area contributed by atoms with Crippen molar-refractivity contribution in [2.75, 3.05) is 13.1 Å². The first-order valence-electron chi connectivity index (χ1n) is 7.55. The van der Waals surface area contributed by atoms with Crippen LogP contribution >= 0.6 is 0 Å². The van der Waals surface area contributed by atoms with Gasteiger partial charge in [-0.25, -0.2) is 0 Å². The molecule has 1 aliphatic rings. The van der Waals surface area contributed by atoms with E-state index in [-0.39, 0.29) is 6.10 Å². The summed E-state index contributed by atoms with van der Waals surface area (Å²) < 4.78 is 0. The second-order valence-electron chi connectivity index (χ2n) is 6.34. The van der Waals surface area contributed by atoms with Crippen molar-refractivity contribution < 1.29 is 5.11 Å². The lowest BCUT2D eigenvalue weighted by Gasteiger charge is -2.26. The fourth-order valence-corrected chi connectivity index (χ4v) is 2.49. The number of hydrogen-bond donors (Lipinski definition) is 1. The highest BCUT2D eigenvalue weighted by molar-refractivity contribution is 5.24. The van der Waals surface area contributed by atoms with Crippen LogP contribution in [0.2, 0.25) is 0 Å². The van der Waals surface area contributed by atoms with Crippen LogP contribution in [0, 0.1) is 12.8 Å².